The highest BCUT2D eigenvalue weighted by molar-refractivity contribution is 5.51. The minimum Gasteiger partial charge on any atom is -0.493 e. The Morgan fingerprint density at radius 1 is 1.06 bits per heavy atom. The Hall–Kier alpha value is -1.28. The molecule has 0 aliphatic carbocycles. The van der Waals surface area contributed by atoms with Crippen molar-refractivity contribution >= 4 is 6.08 Å². The fraction of sp³-hybridized carbons (Fsp3) is 0.467. The lowest BCUT2D eigenvalue weighted by molar-refractivity contribution is 0.126. The van der Waals surface area contributed by atoms with Gasteiger partial charge in [-0.25, -0.2) is 0 Å². The van der Waals surface area contributed by atoms with Crippen LogP contribution in [0, 0.1) is 0 Å². The lowest BCUT2D eigenvalue weighted by atomic mass is 10.1. The second-order valence-electron chi connectivity index (χ2n) is 4.34. The van der Waals surface area contributed by atoms with E-state index in [0.717, 1.165) is 56.8 Å². The summed E-state index contributed by atoms with van der Waals surface area (Å²) in [6.45, 7) is 6.29. The maximum Gasteiger partial charge on any atom is 0.122 e. The van der Waals surface area contributed by atoms with Gasteiger partial charge in [-0.2, -0.15) is 0 Å². The van der Waals surface area contributed by atoms with E-state index in [1.165, 1.54) is 5.56 Å². The van der Waals surface area contributed by atoms with E-state index >= 15 is 0 Å². The van der Waals surface area contributed by atoms with Gasteiger partial charge in [0, 0.05) is 13.2 Å². The van der Waals surface area contributed by atoms with Gasteiger partial charge in [0.2, 0.25) is 0 Å². The molecule has 2 nitrogen and oxygen atoms in total. The monoisotopic (exact) mass is 232 g/mol. The molecule has 1 heterocycles. The molecule has 92 valence electrons. The fourth-order valence-electron chi connectivity index (χ4n) is 2.02. The Balaban J connectivity index is 2.14. The predicted molar refractivity (Wildman–Crippen MR) is 70.4 cm³/mol. The molecule has 0 saturated heterocycles. The highest BCUT2D eigenvalue weighted by Crippen LogP contribution is 2.23. The largest absolute Gasteiger partial charge is 0.493 e. The lowest BCUT2D eigenvalue weighted by Crippen LogP contribution is -2.01. The van der Waals surface area contributed by atoms with Gasteiger partial charge in [-0.15, -0.1) is 0 Å². The number of rotatable bonds is 1. The highest BCUT2D eigenvalue weighted by Gasteiger charge is 2.06. The summed E-state index contributed by atoms with van der Waals surface area (Å²) in [5.74, 6) is 1.03. The van der Waals surface area contributed by atoms with Crippen molar-refractivity contribution in [2.24, 2.45) is 0 Å². The normalized spacial score (nSPS) is 17.4. The molecule has 2 rings (SSSR count). The number of fused-ring (bicyclic) bond motifs is 1. The van der Waals surface area contributed by atoms with Gasteiger partial charge in [0.15, 0.2) is 0 Å². The molecule has 0 atom stereocenters. The van der Waals surface area contributed by atoms with Crippen LogP contribution >= 0.6 is 0 Å². The van der Waals surface area contributed by atoms with E-state index in [0.29, 0.717) is 0 Å². The van der Waals surface area contributed by atoms with E-state index in [-0.39, 0.29) is 0 Å². The van der Waals surface area contributed by atoms with Gasteiger partial charge in [-0.1, -0.05) is 18.7 Å². The molecule has 0 bridgehead atoms. The Morgan fingerprint density at radius 2 is 1.88 bits per heavy atom. The molecule has 0 radical (unpaired) electrons. The van der Waals surface area contributed by atoms with Crippen molar-refractivity contribution in [3.05, 3.63) is 35.9 Å². The van der Waals surface area contributed by atoms with E-state index in [9.17, 15) is 0 Å². The second kappa shape index (κ2) is 6.45. The molecule has 0 N–H and O–H groups in total. The zero-order valence-electron chi connectivity index (χ0n) is 10.3. The Kier molecular flexibility index (Phi) is 4.63. The standard InChI is InChI=1S/C15H20O2/c1-2-13-7-8-15-14(12-13)6-5-10-16-9-3-4-11-17-15/h2,7-8,12H,1,3-6,9-11H2. The third-order valence-electron chi connectivity index (χ3n) is 3.00. The van der Waals surface area contributed by atoms with Crippen LogP contribution in [0.25, 0.3) is 6.08 Å². The van der Waals surface area contributed by atoms with Gasteiger partial charge in [-0.05, 0) is 48.9 Å². The summed E-state index contributed by atoms with van der Waals surface area (Å²) in [7, 11) is 0. The van der Waals surface area contributed by atoms with Crippen LogP contribution in [0.5, 0.6) is 5.75 Å². The van der Waals surface area contributed by atoms with Crippen LogP contribution in [0.2, 0.25) is 0 Å². The summed E-state index contributed by atoms with van der Waals surface area (Å²) >= 11 is 0. The maximum absolute atomic E-state index is 5.83. The van der Waals surface area contributed by atoms with Crippen molar-refractivity contribution in [1.29, 1.82) is 0 Å². The summed E-state index contributed by atoms with van der Waals surface area (Å²) in [5, 5.41) is 0. The summed E-state index contributed by atoms with van der Waals surface area (Å²) in [6, 6.07) is 6.29. The minimum atomic E-state index is 0.782. The van der Waals surface area contributed by atoms with Crippen molar-refractivity contribution in [3.8, 4) is 5.75 Å². The van der Waals surface area contributed by atoms with Crippen LogP contribution in [-0.4, -0.2) is 19.8 Å². The molecule has 0 spiro atoms. The highest BCUT2D eigenvalue weighted by atomic mass is 16.5. The smallest absolute Gasteiger partial charge is 0.122 e. The number of ether oxygens (including phenoxy) is 2. The van der Waals surface area contributed by atoms with Crippen LogP contribution in [-0.2, 0) is 11.2 Å². The molecule has 1 aromatic rings. The molecule has 0 saturated carbocycles. The topological polar surface area (TPSA) is 18.5 Å². The quantitative estimate of drug-likeness (QED) is 0.738. The van der Waals surface area contributed by atoms with Crippen LogP contribution < -0.4 is 4.74 Å². The zero-order chi connectivity index (χ0) is 11.9. The van der Waals surface area contributed by atoms with Crippen LogP contribution in [0.3, 0.4) is 0 Å². The van der Waals surface area contributed by atoms with Gasteiger partial charge in [-0.3, -0.25) is 0 Å². The van der Waals surface area contributed by atoms with Crippen molar-refractivity contribution in [2.45, 2.75) is 25.7 Å². The average molecular weight is 232 g/mol. The summed E-state index contributed by atoms with van der Waals surface area (Å²) in [4.78, 5) is 0. The van der Waals surface area contributed by atoms with E-state index < -0.39 is 0 Å². The molecule has 0 amide bonds. The molecule has 0 unspecified atom stereocenters. The maximum atomic E-state index is 5.83. The van der Waals surface area contributed by atoms with Crippen LogP contribution in [0.1, 0.15) is 30.4 Å². The first kappa shape index (κ1) is 12.2. The summed E-state index contributed by atoms with van der Waals surface area (Å²) < 4.78 is 11.4. The molecular formula is C15H20O2. The zero-order valence-corrected chi connectivity index (χ0v) is 10.3. The first-order chi connectivity index (χ1) is 8.40. The fourth-order valence-corrected chi connectivity index (χ4v) is 2.02. The van der Waals surface area contributed by atoms with E-state index in [1.807, 2.05) is 6.08 Å². The molecule has 17 heavy (non-hydrogen) atoms. The second-order valence-corrected chi connectivity index (χ2v) is 4.34. The Morgan fingerprint density at radius 3 is 2.76 bits per heavy atom. The number of hydrogen-bond acceptors (Lipinski definition) is 2. The Bertz CT molecular complexity index is 371. The molecule has 1 aliphatic heterocycles. The van der Waals surface area contributed by atoms with Crippen molar-refractivity contribution < 1.29 is 9.47 Å². The van der Waals surface area contributed by atoms with Crippen molar-refractivity contribution in [2.75, 3.05) is 19.8 Å². The molecule has 0 fully saturated rings. The van der Waals surface area contributed by atoms with E-state index in [1.54, 1.807) is 0 Å². The van der Waals surface area contributed by atoms with E-state index in [2.05, 4.69) is 24.8 Å². The van der Waals surface area contributed by atoms with Crippen molar-refractivity contribution in [3.63, 3.8) is 0 Å². The van der Waals surface area contributed by atoms with E-state index in [4.69, 9.17) is 9.47 Å². The van der Waals surface area contributed by atoms with Gasteiger partial charge < -0.3 is 9.47 Å². The predicted octanol–water partition coefficient (Wildman–Crippen LogP) is 3.45. The summed E-state index contributed by atoms with van der Waals surface area (Å²) in [5.41, 5.74) is 2.43. The number of hydrogen-bond donors (Lipinski definition) is 0. The molecule has 1 aliphatic rings. The molecule has 1 aromatic carbocycles. The third kappa shape index (κ3) is 3.60. The van der Waals surface area contributed by atoms with Gasteiger partial charge in [0.1, 0.15) is 5.75 Å². The number of aryl methyl sites for hydroxylation is 1. The average Bonchev–Trinajstić information content (AvgIpc) is 2.42. The molecule has 0 aromatic heterocycles. The third-order valence-corrected chi connectivity index (χ3v) is 3.00. The Labute approximate surface area is 103 Å². The van der Waals surface area contributed by atoms with Crippen molar-refractivity contribution in [1.82, 2.24) is 0 Å². The first-order valence-electron chi connectivity index (χ1n) is 6.36. The van der Waals surface area contributed by atoms with Gasteiger partial charge in [0.05, 0.1) is 6.61 Å². The molecular weight excluding hydrogens is 212 g/mol. The van der Waals surface area contributed by atoms with Gasteiger partial charge in [0.25, 0.3) is 0 Å². The molecule has 2 heteroatoms. The lowest BCUT2D eigenvalue weighted by Gasteiger charge is -2.11. The SMILES string of the molecule is C=Cc1ccc2c(c1)CCCOCCCCO2. The minimum absolute atomic E-state index is 0.782. The first-order valence-corrected chi connectivity index (χ1v) is 6.36. The van der Waals surface area contributed by atoms with Gasteiger partial charge >= 0.3 is 0 Å². The van der Waals surface area contributed by atoms with Crippen LogP contribution in [0.15, 0.2) is 24.8 Å². The number of benzene rings is 1. The van der Waals surface area contributed by atoms with Crippen LogP contribution in [0.4, 0.5) is 0 Å². The summed E-state index contributed by atoms with van der Waals surface area (Å²) in [6.07, 6.45) is 6.08.